The predicted octanol–water partition coefficient (Wildman–Crippen LogP) is 3.81. The fourth-order valence-corrected chi connectivity index (χ4v) is 3.86. The van der Waals surface area contributed by atoms with Crippen LogP contribution < -0.4 is 5.32 Å². The fourth-order valence-electron chi connectivity index (χ4n) is 2.73. The number of sulfonamides is 1. The number of hydrogen-bond acceptors (Lipinski definition) is 3. The number of nitrogens with one attached hydrogen (secondary N) is 1. The summed E-state index contributed by atoms with van der Waals surface area (Å²) in [5.74, 6) is -0.367. The van der Waals surface area contributed by atoms with Crippen LogP contribution in [0.5, 0.6) is 0 Å². The molecule has 0 bridgehead atoms. The monoisotopic (exact) mass is 388 g/mol. The third-order valence-corrected chi connectivity index (χ3v) is 6.28. The first kappa shape index (κ1) is 21.1. The molecule has 27 heavy (non-hydrogen) atoms. The van der Waals surface area contributed by atoms with Crippen molar-refractivity contribution in [2.75, 3.05) is 18.9 Å². The molecule has 0 atom stereocenters. The van der Waals surface area contributed by atoms with E-state index in [9.17, 15) is 13.2 Å². The molecule has 0 aliphatic heterocycles. The number of benzene rings is 2. The molecule has 2 aromatic rings. The largest absolute Gasteiger partial charge is 0.325 e. The number of aryl methyl sites for hydroxylation is 1. The van der Waals surface area contributed by atoms with E-state index in [0.29, 0.717) is 5.69 Å². The molecule has 2 rings (SSSR count). The van der Waals surface area contributed by atoms with Gasteiger partial charge in [-0.15, -0.1) is 0 Å². The highest BCUT2D eigenvalue weighted by molar-refractivity contribution is 7.89. The van der Waals surface area contributed by atoms with Gasteiger partial charge < -0.3 is 5.32 Å². The number of anilines is 1. The summed E-state index contributed by atoms with van der Waals surface area (Å²) >= 11 is 0. The number of carbonyl (C=O) groups excluding carboxylic acids is 1. The smallest absolute Gasteiger partial charge is 0.243 e. The molecular formula is C21H28N2O3S. The molecule has 6 heteroatoms. The van der Waals surface area contributed by atoms with E-state index in [4.69, 9.17) is 0 Å². The van der Waals surface area contributed by atoms with Crippen LogP contribution in [0.4, 0.5) is 5.69 Å². The van der Waals surface area contributed by atoms with Crippen LogP contribution in [0.2, 0.25) is 0 Å². The van der Waals surface area contributed by atoms with Gasteiger partial charge in [0.1, 0.15) is 0 Å². The maximum absolute atomic E-state index is 12.8. The molecule has 1 N–H and O–H groups in total. The van der Waals surface area contributed by atoms with Gasteiger partial charge in [-0.2, -0.15) is 4.31 Å². The van der Waals surface area contributed by atoms with Crippen LogP contribution in [0.25, 0.3) is 0 Å². The van der Waals surface area contributed by atoms with Gasteiger partial charge in [0.15, 0.2) is 0 Å². The van der Waals surface area contributed by atoms with Crippen molar-refractivity contribution in [3.63, 3.8) is 0 Å². The number of amides is 1. The van der Waals surface area contributed by atoms with Crippen molar-refractivity contribution in [3.8, 4) is 0 Å². The van der Waals surface area contributed by atoms with Crippen LogP contribution in [-0.2, 0) is 26.7 Å². The van der Waals surface area contributed by atoms with E-state index in [-0.39, 0.29) is 22.8 Å². The molecular weight excluding hydrogens is 360 g/mol. The number of rotatable bonds is 6. The van der Waals surface area contributed by atoms with Crippen LogP contribution in [0.3, 0.4) is 0 Å². The van der Waals surface area contributed by atoms with Crippen LogP contribution in [-0.4, -0.2) is 32.2 Å². The zero-order valence-electron chi connectivity index (χ0n) is 16.6. The van der Waals surface area contributed by atoms with E-state index in [1.807, 2.05) is 43.3 Å². The first-order chi connectivity index (χ1) is 12.6. The van der Waals surface area contributed by atoms with Crippen LogP contribution in [0.1, 0.15) is 38.8 Å². The van der Waals surface area contributed by atoms with Gasteiger partial charge in [0.25, 0.3) is 0 Å². The standard InChI is InChI=1S/C21H28N2O3S/c1-6-16-9-7-8-10-19(16)22-20(24)15-23(5)27(25,26)18-13-11-17(12-14-18)21(2,3)4/h7-14H,6,15H2,1-5H3,(H,22,24). The van der Waals surface area contributed by atoms with E-state index < -0.39 is 10.0 Å². The van der Waals surface area contributed by atoms with Crippen molar-refractivity contribution in [2.45, 2.75) is 44.4 Å². The first-order valence-corrected chi connectivity index (χ1v) is 10.4. The average Bonchev–Trinajstić information content (AvgIpc) is 2.61. The molecule has 0 spiro atoms. The molecule has 0 aliphatic rings. The van der Waals surface area contributed by atoms with Gasteiger partial charge in [0.2, 0.25) is 15.9 Å². The van der Waals surface area contributed by atoms with Gasteiger partial charge in [-0.1, -0.05) is 58.0 Å². The Balaban J connectivity index is 2.11. The first-order valence-electron chi connectivity index (χ1n) is 9.00. The molecule has 1 amide bonds. The molecule has 0 aromatic heterocycles. The summed E-state index contributed by atoms with van der Waals surface area (Å²) in [5, 5.41) is 2.80. The van der Waals surface area contributed by atoms with E-state index in [1.54, 1.807) is 12.1 Å². The Hall–Kier alpha value is -2.18. The quantitative estimate of drug-likeness (QED) is 0.818. The average molecular weight is 389 g/mol. The van der Waals surface area contributed by atoms with Crippen molar-refractivity contribution in [1.82, 2.24) is 4.31 Å². The lowest BCUT2D eigenvalue weighted by Gasteiger charge is -2.21. The van der Waals surface area contributed by atoms with E-state index >= 15 is 0 Å². The minimum absolute atomic E-state index is 0.0548. The number of likely N-dealkylation sites (N-methyl/N-ethyl adjacent to an activating group) is 1. The molecule has 2 aromatic carbocycles. The third kappa shape index (κ3) is 5.17. The molecule has 0 heterocycles. The summed E-state index contributed by atoms with van der Waals surface area (Å²) < 4.78 is 26.6. The Morgan fingerprint density at radius 1 is 1.04 bits per heavy atom. The lowest BCUT2D eigenvalue weighted by molar-refractivity contribution is -0.116. The Morgan fingerprint density at radius 2 is 1.63 bits per heavy atom. The lowest BCUT2D eigenvalue weighted by Crippen LogP contribution is -2.35. The number of hydrogen-bond donors (Lipinski definition) is 1. The summed E-state index contributed by atoms with van der Waals surface area (Å²) in [6.07, 6.45) is 0.782. The summed E-state index contributed by atoms with van der Waals surface area (Å²) in [6, 6.07) is 14.3. The van der Waals surface area contributed by atoms with Crippen molar-refractivity contribution in [3.05, 3.63) is 59.7 Å². The van der Waals surface area contributed by atoms with Crippen LogP contribution in [0, 0.1) is 0 Å². The summed E-state index contributed by atoms with van der Waals surface area (Å²) in [5.41, 5.74) is 2.72. The normalized spacial score (nSPS) is 12.2. The highest BCUT2D eigenvalue weighted by atomic mass is 32.2. The Bertz CT molecular complexity index is 898. The van der Waals surface area contributed by atoms with Gasteiger partial charge in [0.05, 0.1) is 11.4 Å². The maximum Gasteiger partial charge on any atom is 0.243 e. The number of carbonyl (C=O) groups is 1. The summed E-state index contributed by atoms with van der Waals surface area (Å²) in [6.45, 7) is 7.97. The van der Waals surface area contributed by atoms with E-state index in [2.05, 4.69) is 26.1 Å². The highest BCUT2D eigenvalue weighted by Crippen LogP contribution is 2.24. The Kier molecular flexibility index (Phi) is 6.44. The molecule has 146 valence electrons. The Labute approximate surface area is 162 Å². The summed E-state index contributed by atoms with van der Waals surface area (Å²) in [4.78, 5) is 12.5. The minimum atomic E-state index is -3.73. The van der Waals surface area contributed by atoms with Gasteiger partial charge in [-0.25, -0.2) is 8.42 Å². The Morgan fingerprint density at radius 3 is 2.19 bits per heavy atom. The second kappa shape index (κ2) is 8.23. The van der Waals surface area contributed by atoms with Crippen LogP contribution >= 0.6 is 0 Å². The minimum Gasteiger partial charge on any atom is -0.325 e. The summed E-state index contributed by atoms with van der Waals surface area (Å²) in [7, 11) is -2.32. The van der Waals surface area contributed by atoms with Crippen molar-refractivity contribution in [2.24, 2.45) is 0 Å². The number of para-hydroxylation sites is 1. The number of nitrogens with zero attached hydrogens (tertiary/aromatic N) is 1. The zero-order chi connectivity index (χ0) is 20.2. The molecule has 0 radical (unpaired) electrons. The molecule has 0 aliphatic carbocycles. The van der Waals surface area contributed by atoms with Gasteiger partial charge >= 0.3 is 0 Å². The second-order valence-corrected chi connectivity index (χ2v) is 9.64. The van der Waals surface area contributed by atoms with Crippen LogP contribution in [0.15, 0.2) is 53.4 Å². The molecule has 0 unspecified atom stereocenters. The highest BCUT2D eigenvalue weighted by Gasteiger charge is 2.24. The maximum atomic E-state index is 12.8. The van der Waals surface area contributed by atoms with E-state index in [0.717, 1.165) is 21.9 Å². The van der Waals surface area contributed by atoms with Gasteiger partial charge in [-0.3, -0.25) is 4.79 Å². The molecule has 0 saturated carbocycles. The lowest BCUT2D eigenvalue weighted by atomic mass is 9.87. The third-order valence-electron chi connectivity index (χ3n) is 4.47. The SMILES string of the molecule is CCc1ccccc1NC(=O)CN(C)S(=O)(=O)c1ccc(C(C)(C)C)cc1. The topological polar surface area (TPSA) is 66.5 Å². The second-order valence-electron chi connectivity index (χ2n) is 7.59. The van der Waals surface area contributed by atoms with Crippen molar-refractivity contribution < 1.29 is 13.2 Å². The fraction of sp³-hybridized carbons (Fsp3) is 0.381. The van der Waals surface area contributed by atoms with Gasteiger partial charge in [0, 0.05) is 12.7 Å². The van der Waals surface area contributed by atoms with Crippen molar-refractivity contribution in [1.29, 1.82) is 0 Å². The van der Waals surface area contributed by atoms with Crippen molar-refractivity contribution >= 4 is 21.6 Å². The molecule has 5 nitrogen and oxygen atoms in total. The zero-order valence-corrected chi connectivity index (χ0v) is 17.4. The van der Waals surface area contributed by atoms with E-state index in [1.165, 1.54) is 7.05 Å². The molecule has 0 fully saturated rings. The predicted molar refractivity (Wildman–Crippen MR) is 109 cm³/mol. The van der Waals surface area contributed by atoms with Gasteiger partial charge in [-0.05, 0) is 41.2 Å². The molecule has 0 saturated heterocycles.